The first-order valence-electron chi connectivity index (χ1n) is 10.8. The smallest absolute Gasteiger partial charge is 0.191 e. The topological polar surface area (TPSA) is 65.3 Å². The lowest BCUT2D eigenvalue weighted by Crippen LogP contribution is -2.41. The summed E-state index contributed by atoms with van der Waals surface area (Å²) >= 11 is 0. The molecule has 1 aliphatic rings. The lowest BCUT2D eigenvalue weighted by molar-refractivity contribution is 0.0341. The molecule has 0 radical (unpaired) electrons. The first kappa shape index (κ1) is 25.6. The fraction of sp³-hybridized carbons (Fsp3) is 0.522. The van der Waals surface area contributed by atoms with Crippen molar-refractivity contribution in [1.29, 1.82) is 0 Å². The molecule has 7 nitrogen and oxygen atoms in total. The highest BCUT2D eigenvalue weighted by Crippen LogP contribution is 2.18. The SMILES string of the molecule is CCNC(=NCc1ccccc1CN1CCOCC1)NCC(c1ccco1)N(C)C.I. The molecule has 0 spiro atoms. The molecule has 8 heteroatoms. The highest BCUT2D eigenvalue weighted by atomic mass is 127. The van der Waals surface area contributed by atoms with Crippen molar-refractivity contribution >= 4 is 29.9 Å². The molecule has 2 heterocycles. The number of morpholine rings is 1. The largest absolute Gasteiger partial charge is 0.468 e. The van der Waals surface area contributed by atoms with Crippen LogP contribution in [0.4, 0.5) is 0 Å². The van der Waals surface area contributed by atoms with Crippen LogP contribution < -0.4 is 10.6 Å². The van der Waals surface area contributed by atoms with Crippen molar-refractivity contribution in [3.63, 3.8) is 0 Å². The number of nitrogens with one attached hydrogen (secondary N) is 2. The van der Waals surface area contributed by atoms with Crippen LogP contribution in [0.1, 0.15) is 29.9 Å². The Kier molecular flexibility index (Phi) is 11.3. The van der Waals surface area contributed by atoms with E-state index in [4.69, 9.17) is 14.1 Å². The molecule has 1 saturated heterocycles. The summed E-state index contributed by atoms with van der Waals surface area (Å²) in [6, 6.07) is 12.7. The minimum Gasteiger partial charge on any atom is -0.468 e. The fourth-order valence-electron chi connectivity index (χ4n) is 3.58. The predicted molar refractivity (Wildman–Crippen MR) is 136 cm³/mol. The van der Waals surface area contributed by atoms with Gasteiger partial charge in [-0.1, -0.05) is 24.3 Å². The Balaban J connectivity index is 0.00000341. The van der Waals surface area contributed by atoms with E-state index in [-0.39, 0.29) is 30.0 Å². The Labute approximate surface area is 203 Å². The van der Waals surface area contributed by atoms with Crippen molar-refractivity contribution in [3.05, 3.63) is 59.5 Å². The van der Waals surface area contributed by atoms with Gasteiger partial charge in [0, 0.05) is 32.7 Å². The summed E-state index contributed by atoms with van der Waals surface area (Å²) in [5.41, 5.74) is 2.59. The molecule has 2 N–H and O–H groups in total. The van der Waals surface area contributed by atoms with Gasteiger partial charge >= 0.3 is 0 Å². The summed E-state index contributed by atoms with van der Waals surface area (Å²) in [6.45, 7) is 8.80. The Morgan fingerprint density at radius 2 is 1.84 bits per heavy atom. The maximum Gasteiger partial charge on any atom is 0.191 e. The van der Waals surface area contributed by atoms with Gasteiger partial charge < -0.3 is 19.8 Å². The highest BCUT2D eigenvalue weighted by Gasteiger charge is 2.17. The summed E-state index contributed by atoms with van der Waals surface area (Å²) in [6.07, 6.45) is 1.72. The van der Waals surface area contributed by atoms with Gasteiger partial charge in [0.25, 0.3) is 0 Å². The first-order valence-corrected chi connectivity index (χ1v) is 10.8. The van der Waals surface area contributed by atoms with Crippen LogP contribution in [0, 0.1) is 0 Å². The van der Waals surface area contributed by atoms with E-state index in [9.17, 15) is 0 Å². The van der Waals surface area contributed by atoms with Gasteiger partial charge in [-0.15, -0.1) is 24.0 Å². The maximum absolute atomic E-state index is 5.61. The Morgan fingerprint density at radius 3 is 2.48 bits per heavy atom. The minimum atomic E-state index is 0. The van der Waals surface area contributed by atoms with Gasteiger partial charge in [-0.05, 0) is 44.3 Å². The number of likely N-dealkylation sites (N-methyl/N-ethyl adjacent to an activating group) is 1. The first-order chi connectivity index (χ1) is 14.7. The number of halogens is 1. The Bertz CT molecular complexity index is 776. The third-order valence-electron chi connectivity index (χ3n) is 5.33. The second kappa shape index (κ2) is 13.7. The van der Waals surface area contributed by atoms with E-state index in [1.165, 1.54) is 11.1 Å². The van der Waals surface area contributed by atoms with E-state index in [1.807, 2.05) is 12.1 Å². The van der Waals surface area contributed by atoms with Crippen molar-refractivity contribution in [2.75, 3.05) is 53.5 Å². The molecule has 1 aromatic heterocycles. The van der Waals surface area contributed by atoms with E-state index in [0.717, 1.165) is 51.1 Å². The molecule has 2 aromatic rings. The molecule has 1 atom stereocenters. The van der Waals surface area contributed by atoms with E-state index >= 15 is 0 Å². The highest BCUT2D eigenvalue weighted by molar-refractivity contribution is 14.0. The van der Waals surface area contributed by atoms with Gasteiger partial charge in [-0.25, -0.2) is 4.99 Å². The number of ether oxygens (including phenoxy) is 1. The van der Waals surface area contributed by atoms with Crippen LogP contribution in [0.2, 0.25) is 0 Å². The zero-order valence-corrected chi connectivity index (χ0v) is 21.2. The van der Waals surface area contributed by atoms with Gasteiger partial charge in [0.05, 0.1) is 32.1 Å². The van der Waals surface area contributed by atoms with Gasteiger partial charge in [0.1, 0.15) is 5.76 Å². The lowest BCUT2D eigenvalue weighted by atomic mass is 10.1. The third-order valence-corrected chi connectivity index (χ3v) is 5.33. The van der Waals surface area contributed by atoms with Crippen molar-refractivity contribution in [1.82, 2.24) is 20.4 Å². The molecule has 0 bridgehead atoms. The number of guanidine groups is 1. The van der Waals surface area contributed by atoms with E-state index in [1.54, 1.807) is 6.26 Å². The number of furan rings is 1. The van der Waals surface area contributed by atoms with Crippen LogP contribution in [0.3, 0.4) is 0 Å². The van der Waals surface area contributed by atoms with Crippen molar-refractivity contribution in [3.8, 4) is 0 Å². The summed E-state index contributed by atoms with van der Waals surface area (Å²) in [5.74, 6) is 1.76. The molecule has 1 fully saturated rings. The summed E-state index contributed by atoms with van der Waals surface area (Å²) in [5, 5.41) is 6.83. The number of hydrogen-bond acceptors (Lipinski definition) is 5. The quantitative estimate of drug-likeness (QED) is 0.289. The van der Waals surface area contributed by atoms with Crippen LogP contribution in [0.15, 0.2) is 52.1 Å². The van der Waals surface area contributed by atoms with E-state index < -0.39 is 0 Å². The van der Waals surface area contributed by atoms with Gasteiger partial charge in [-0.2, -0.15) is 0 Å². The van der Waals surface area contributed by atoms with Gasteiger partial charge in [0.15, 0.2) is 5.96 Å². The number of benzene rings is 1. The Morgan fingerprint density at radius 1 is 1.10 bits per heavy atom. The van der Waals surface area contributed by atoms with Crippen LogP contribution in [0.5, 0.6) is 0 Å². The molecule has 0 saturated carbocycles. The molecule has 1 aromatic carbocycles. The molecule has 3 rings (SSSR count). The van der Waals surface area contributed by atoms with Gasteiger partial charge in [-0.3, -0.25) is 9.80 Å². The zero-order chi connectivity index (χ0) is 21.2. The van der Waals surface area contributed by atoms with Crippen molar-refractivity contribution in [2.45, 2.75) is 26.1 Å². The predicted octanol–water partition coefficient (Wildman–Crippen LogP) is 3.09. The second-order valence-corrected chi connectivity index (χ2v) is 7.73. The molecular formula is C23H36IN5O2. The fourth-order valence-corrected chi connectivity index (χ4v) is 3.58. The summed E-state index contributed by atoms with van der Waals surface area (Å²) in [4.78, 5) is 9.44. The molecular weight excluding hydrogens is 505 g/mol. The number of rotatable bonds is 9. The van der Waals surface area contributed by atoms with Gasteiger partial charge in [0.2, 0.25) is 0 Å². The average Bonchev–Trinajstić information content (AvgIpc) is 3.28. The van der Waals surface area contributed by atoms with Crippen LogP contribution in [-0.2, 0) is 17.8 Å². The standard InChI is InChI=1S/C23H35N5O2.HI/c1-4-24-23(26-17-21(27(2)3)22-10-7-13-30-22)25-16-19-8-5-6-9-20(19)18-28-11-14-29-15-12-28;/h5-10,13,21H,4,11-12,14-18H2,1-3H3,(H2,24,25,26);1H. The molecule has 172 valence electrons. The maximum atomic E-state index is 5.61. The number of hydrogen-bond donors (Lipinski definition) is 2. The zero-order valence-electron chi connectivity index (χ0n) is 18.8. The summed E-state index contributed by atoms with van der Waals surface area (Å²) < 4.78 is 11.1. The minimum absolute atomic E-state index is 0. The normalized spacial score (nSPS) is 16.1. The second-order valence-electron chi connectivity index (χ2n) is 7.73. The monoisotopic (exact) mass is 541 g/mol. The lowest BCUT2D eigenvalue weighted by Gasteiger charge is -2.27. The van der Waals surface area contributed by atoms with E-state index in [2.05, 4.69) is 65.7 Å². The van der Waals surface area contributed by atoms with Crippen molar-refractivity contribution < 1.29 is 9.15 Å². The average molecular weight is 541 g/mol. The number of nitrogens with zero attached hydrogens (tertiary/aromatic N) is 3. The third kappa shape index (κ3) is 8.10. The Hall–Kier alpha value is -1.62. The van der Waals surface area contributed by atoms with Crippen LogP contribution in [0.25, 0.3) is 0 Å². The van der Waals surface area contributed by atoms with Crippen molar-refractivity contribution in [2.24, 2.45) is 4.99 Å². The molecule has 31 heavy (non-hydrogen) atoms. The van der Waals surface area contributed by atoms with Crippen LogP contribution >= 0.6 is 24.0 Å². The summed E-state index contributed by atoms with van der Waals surface area (Å²) in [7, 11) is 4.11. The van der Waals surface area contributed by atoms with Crippen LogP contribution in [-0.4, -0.2) is 69.2 Å². The number of aliphatic imine (C=N–C) groups is 1. The van der Waals surface area contributed by atoms with E-state index in [0.29, 0.717) is 13.1 Å². The molecule has 1 aliphatic heterocycles. The molecule has 1 unspecified atom stereocenters. The molecule has 0 amide bonds. The molecule has 0 aliphatic carbocycles.